The van der Waals surface area contributed by atoms with E-state index in [0.29, 0.717) is 28.2 Å². The second kappa shape index (κ2) is 6.26. The largest absolute Gasteiger partial charge is 0.480 e. The SMILES string of the molecule is Cc1c(-c2ccc(CC(N)C(=O)O)n3ccnc23)c(=O)n(C)c(=O)n1C. The van der Waals surface area contributed by atoms with Crippen LogP contribution in [-0.4, -0.2) is 35.6 Å². The highest BCUT2D eigenvalue weighted by molar-refractivity contribution is 5.79. The Kier molecular flexibility index (Phi) is 4.25. The Balaban J connectivity index is 2.27. The Bertz CT molecular complexity index is 1140. The van der Waals surface area contributed by atoms with Crippen molar-refractivity contribution in [2.45, 2.75) is 19.4 Å². The second-order valence-corrected chi connectivity index (χ2v) is 6.17. The van der Waals surface area contributed by atoms with Crippen molar-refractivity contribution in [3.8, 4) is 11.1 Å². The normalized spacial score (nSPS) is 12.5. The van der Waals surface area contributed by atoms with Crippen LogP contribution in [0.25, 0.3) is 16.8 Å². The summed E-state index contributed by atoms with van der Waals surface area (Å²) in [5.41, 5.74) is 7.45. The second-order valence-electron chi connectivity index (χ2n) is 6.17. The average molecular weight is 357 g/mol. The third kappa shape index (κ3) is 2.62. The van der Waals surface area contributed by atoms with E-state index >= 15 is 0 Å². The van der Waals surface area contributed by atoms with E-state index in [-0.39, 0.29) is 6.42 Å². The summed E-state index contributed by atoms with van der Waals surface area (Å²) < 4.78 is 4.17. The molecule has 0 fully saturated rings. The van der Waals surface area contributed by atoms with E-state index in [1.807, 2.05) is 0 Å². The van der Waals surface area contributed by atoms with Gasteiger partial charge in [-0.3, -0.25) is 14.2 Å². The van der Waals surface area contributed by atoms with Crippen LogP contribution in [0.4, 0.5) is 0 Å². The van der Waals surface area contributed by atoms with Gasteiger partial charge in [0.15, 0.2) is 0 Å². The topological polar surface area (TPSA) is 125 Å². The predicted molar refractivity (Wildman–Crippen MR) is 95.2 cm³/mol. The molecule has 9 heteroatoms. The molecule has 136 valence electrons. The highest BCUT2D eigenvalue weighted by Crippen LogP contribution is 2.24. The molecule has 1 atom stereocenters. The van der Waals surface area contributed by atoms with Crippen LogP contribution in [0.15, 0.2) is 34.1 Å². The number of rotatable bonds is 4. The Morgan fingerprint density at radius 3 is 2.62 bits per heavy atom. The molecule has 1 unspecified atom stereocenters. The van der Waals surface area contributed by atoms with Crippen molar-refractivity contribution < 1.29 is 9.90 Å². The molecule has 3 N–H and O–H groups in total. The fourth-order valence-electron chi connectivity index (χ4n) is 3.00. The van der Waals surface area contributed by atoms with Gasteiger partial charge in [0.05, 0.1) is 5.56 Å². The highest BCUT2D eigenvalue weighted by atomic mass is 16.4. The number of nitrogens with zero attached hydrogens (tertiary/aromatic N) is 4. The van der Waals surface area contributed by atoms with Crippen LogP contribution in [0.1, 0.15) is 11.4 Å². The van der Waals surface area contributed by atoms with Gasteiger partial charge in [-0.2, -0.15) is 0 Å². The van der Waals surface area contributed by atoms with E-state index < -0.39 is 23.3 Å². The summed E-state index contributed by atoms with van der Waals surface area (Å²) in [6.45, 7) is 1.70. The van der Waals surface area contributed by atoms with Gasteiger partial charge in [0, 0.05) is 49.9 Å². The summed E-state index contributed by atoms with van der Waals surface area (Å²) in [7, 11) is 3.03. The summed E-state index contributed by atoms with van der Waals surface area (Å²) >= 11 is 0. The molecular formula is C17H19N5O4. The van der Waals surface area contributed by atoms with Gasteiger partial charge in [-0.15, -0.1) is 0 Å². The molecule has 26 heavy (non-hydrogen) atoms. The van der Waals surface area contributed by atoms with Crippen LogP contribution in [0.2, 0.25) is 0 Å². The maximum absolute atomic E-state index is 12.7. The van der Waals surface area contributed by atoms with E-state index in [1.54, 1.807) is 42.9 Å². The number of hydrogen-bond donors (Lipinski definition) is 2. The van der Waals surface area contributed by atoms with E-state index in [4.69, 9.17) is 10.8 Å². The Morgan fingerprint density at radius 2 is 1.96 bits per heavy atom. The number of aromatic nitrogens is 4. The van der Waals surface area contributed by atoms with E-state index in [1.165, 1.54) is 11.6 Å². The van der Waals surface area contributed by atoms with Crippen LogP contribution in [-0.2, 0) is 25.3 Å². The first-order valence-corrected chi connectivity index (χ1v) is 7.94. The summed E-state index contributed by atoms with van der Waals surface area (Å²) in [5, 5.41) is 9.03. The minimum absolute atomic E-state index is 0.118. The van der Waals surface area contributed by atoms with Gasteiger partial charge >= 0.3 is 11.7 Å². The first-order valence-electron chi connectivity index (χ1n) is 7.94. The number of nitrogens with two attached hydrogens (primary N) is 1. The van der Waals surface area contributed by atoms with Crippen LogP contribution in [0, 0.1) is 6.92 Å². The van der Waals surface area contributed by atoms with E-state index in [2.05, 4.69) is 4.98 Å². The van der Waals surface area contributed by atoms with Crippen LogP contribution < -0.4 is 17.0 Å². The molecule has 0 saturated carbocycles. The zero-order valence-corrected chi connectivity index (χ0v) is 14.6. The highest BCUT2D eigenvalue weighted by Gasteiger charge is 2.20. The molecule has 9 nitrogen and oxygen atoms in total. The fourth-order valence-corrected chi connectivity index (χ4v) is 3.00. The molecule has 0 aliphatic rings. The molecule has 0 aliphatic heterocycles. The van der Waals surface area contributed by atoms with Gasteiger partial charge in [0.2, 0.25) is 0 Å². The first kappa shape index (κ1) is 17.6. The molecule has 0 aromatic carbocycles. The summed E-state index contributed by atoms with van der Waals surface area (Å²) in [5.74, 6) is -1.09. The van der Waals surface area contributed by atoms with Crippen LogP contribution >= 0.6 is 0 Å². The van der Waals surface area contributed by atoms with Gasteiger partial charge in [0.1, 0.15) is 11.7 Å². The van der Waals surface area contributed by atoms with Gasteiger partial charge in [-0.25, -0.2) is 9.78 Å². The molecule has 3 aromatic rings. The third-order valence-corrected chi connectivity index (χ3v) is 4.61. The van der Waals surface area contributed by atoms with E-state index in [0.717, 1.165) is 4.57 Å². The molecule has 0 aliphatic carbocycles. The minimum Gasteiger partial charge on any atom is -0.480 e. The number of pyridine rings is 1. The standard InChI is InChI=1S/C17H19N5O4/c1-9-13(15(23)21(3)17(26)20(9)2)11-5-4-10(8-12(18)16(24)25)22-7-6-19-14(11)22/h4-7,12H,8,18H2,1-3H3,(H,24,25). The molecule has 3 rings (SSSR count). The molecule has 0 spiro atoms. The molecular weight excluding hydrogens is 338 g/mol. The molecule has 0 bridgehead atoms. The van der Waals surface area contributed by atoms with Crippen molar-refractivity contribution in [2.75, 3.05) is 0 Å². The smallest absolute Gasteiger partial charge is 0.330 e. The summed E-state index contributed by atoms with van der Waals surface area (Å²) in [4.78, 5) is 40.1. The zero-order valence-electron chi connectivity index (χ0n) is 14.6. The van der Waals surface area contributed by atoms with Crippen molar-refractivity contribution in [2.24, 2.45) is 19.8 Å². The number of imidazole rings is 1. The fraction of sp³-hybridized carbons (Fsp3) is 0.294. The molecule has 0 saturated heterocycles. The first-order chi connectivity index (χ1) is 12.2. The molecule has 0 amide bonds. The van der Waals surface area contributed by atoms with Gasteiger partial charge in [-0.1, -0.05) is 0 Å². The zero-order chi connectivity index (χ0) is 19.2. The van der Waals surface area contributed by atoms with Gasteiger partial charge < -0.3 is 19.8 Å². The van der Waals surface area contributed by atoms with Crippen molar-refractivity contribution in [3.05, 3.63) is 56.8 Å². The number of hydrogen-bond acceptors (Lipinski definition) is 5. The lowest BCUT2D eigenvalue weighted by Gasteiger charge is -2.15. The minimum atomic E-state index is -1.09. The van der Waals surface area contributed by atoms with Crippen LogP contribution in [0.3, 0.4) is 0 Å². The number of fused-ring (bicyclic) bond motifs is 1. The summed E-state index contributed by atoms with van der Waals surface area (Å²) in [6, 6.07) is 2.38. The van der Waals surface area contributed by atoms with Gasteiger partial charge in [0.25, 0.3) is 5.56 Å². The lowest BCUT2D eigenvalue weighted by atomic mass is 10.0. The van der Waals surface area contributed by atoms with E-state index in [9.17, 15) is 14.4 Å². The third-order valence-electron chi connectivity index (χ3n) is 4.61. The molecule has 3 aromatic heterocycles. The maximum atomic E-state index is 12.7. The Morgan fingerprint density at radius 1 is 1.27 bits per heavy atom. The average Bonchev–Trinajstić information content (AvgIpc) is 3.10. The monoisotopic (exact) mass is 357 g/mol. The lowest BCUT2D eigenvalue weighted by Crippen LogP contribution is -2.39. The quantitative estimate of drug-likeness (QED) is 0.658. The van der Waals surface area contributed by atoms with Crippen molar-refractivity contribution in [3.63, 3.8) is 0 Å². The predicted octanol–water partition coefficient (Wildman–Crippen LogP) is -0.338. The molecule has 0 radical (unpaired) electrons. The molecule has 3 heterocycles. The Labute approximate surface area is 147 Å². The van der Waals surface area contributed by atoms with Crippen molar-refractivity contribution in [1.29, 1.82) is 0 Å². The number of carbonyl (C=O) groups is 1. The Hall–Kier alpha value is -3.20. The lowest BCUT2D eigenvalue weighted by molar-refractivity contribution is -0.138. The number of carboxylic acids is 1. The summed E-state index contributed by atoms with van der Waals surface area (Å²) in [6.07, 6.45) is 3.37. The van der Waals surface area contributed by atoms with Crippen LogP contribution in [0.5, 0.6) is 0 Å². The number of aliphatic carboxylic acids is 1. The van der Waals surface area contributed by atoms with Crippen molar-refractivity contribution >= 4 is 11.6 Å². The number of carboxylic acid groups (broad SMARTS) is 1. The van der Waals surface area contributed by atoms with Crippen molar-refractivity contribution in [1.82, 2.24) is 18.5 Å². The van der Waals surface area contributed by atoms with Gasteiger partial charge in [-0.05, 0) is 19.1 Å². The maximum Gasteiger partial charge on any atom is 0.330 e.